The highest BCUT2D eigenvalue weighted by molar-refractivity contribution is 14.1. The molecular weight excluding hydrogens is 365 g/mol. The van der Waals surface area contributed by atoms with Gasteiger partial charge < -0.3 is 10.5 Å². The monoisotopic (exact) mass is 383 g/mol. The summed E-state index contributed by atoms with van der Waals surface area (Å²) in [7, 11) is 1.65. The largest absolute Gasteiger partial charge is 0.497 e. The summed E-state index contributed by atoms with van der Waals surface area (Å²) in [6, 6.07) is 7.70. The highest BCUT2D eigenvalue weighted by Gasteiger charge is 2.13. The van der Waals surface area contributed by atoms with E-state index in [4.69, 9.17) is 10.5 Å². The molecule has 2 aromatic rings. The van der Waals surface area contributed by atoms with Crippen LogP contribution in [-0.4, -0.2) is 17.1 Å². The van der Waals surface area contributed by atoms with E-state index in [1.54, 1.807) is 7.11 Å². The molecule has 2 rings (SSSR count). The number of benzene rings is 1. The van der Waals surface area contributed by atoms with E-state index in [1.807, 2.05) is 24.3 Å². The number of ether oxygens (including phenoxy) is 1. The number of nitrogen functional groups attached to an aromatic ring is 1. The molecule has 0 radical (unpaired) electrons. The predicted octanol–water partition coefficient (Wildman–Crippen LogP) is 3.54. The quantitative estimate of drug-likeness (QED) is 0.821. The third kappa shape index (κ3) is 3.39. The maximum atomic E-state index is 6.02. The van der Waals surface area contributed by atoms with Crippen LogP contribution in [0.3, 0.4) is 0 Å². The molecular formula is C15H18IN3O. The Labute approximate surface area is 132 Å². The first-order valence-electron chi connectivity index (χ1n) is 6.47. The van der Waals surface area contributed by atoms with Crippen LogP contribution < -0.4 is 10.5 Å². The summed E-state index contributed by atoms with van der Waals surface area (Å²) in [5.41, 5.74) is 7.94. The van der Waals surface area contributed by atoms with Gasteiger partial charge >= 0.3 is 0 Å². The number of nitrogens with zero attached hydrogens (tertiary/aromatic N) is 2. The van der Waals surface area contributed by atoms with Crippen molar-refractivity contribution in [3.8, 4) is 17.1 Å². The molecule has 0 bridgehead atoms. The van der Waals surface area contributed by atoms with Crippen LogP contribution in [0.1, 0.15) is 19.5 Å². The average molecular weight is 383 g/mol. The highest BCUT2D eigenvalue weighted by atomic mass is 127. The van der Waals surface area contributed by atoms with Gasteiger partial charge in [0.2, 0.25) is 0 Å². The van der Waals surface area contributed by atoms with Crippen LogP contribution in [0.15, 0.2) is 24.3 Å². The highest BCUT2D eigenvalue weighted by Crippen LogP contribution is 2.26. The lowest BCUT2D eigenvalue weighted by molar-refractivity contribution is 0.415. The first-order chi connectivity index (χ1) is 9.51. The van der Waals surface area contributed by atoms with Gasteiger partial charge in [0.05, 0.1) is 16.4 Å². The summed E-state index contributed by atoms with van der Waals surface area (Å²) in [6.07, 6.45) is 0.891. The van der Waals surface area contributed by atoms with Gasteiger partial charge in [-0.3, -0.25) is 0 Å². The molecule has 0 spiro atoms. The summed E-state index contributed by atoms with van der Waals surface area (Å²) in [4.78, 5) is 9.05. The number of hydrogen-bond donors (Lipinski definition) is 1. The molecule has 0 atom stereocenters. The fourth-order valence-corrected chi connectivity index (χ4v) is 2.39. The van der Waals surface area contributed by atoms with Gasteiger partial charge in [0.25, 0.3) is 0 Å². The first kappa shape index (κ1) is 15.0. The van der Waals surface area contributed by atoms with Gasteiger partial charge in [-0.1, -0.05) is 26.0 Å². The smallest absolute Gasteiger partial charge is 0.161 e. The van der Waals surface area contributed by atoms with Crippen molar-refractivity contribution >= 4 is 28.4 Å². The Morgan fingerprint density at radius 3 is 2.70 bits per heavy atom. The molecule has 0 aliphatic heterocycles. The molecule has 106 valence electrons. The summed E-state index contributed by atoms with van der Waals surface area (Å²) in [5, 5.41) is 0. The Bertz CT molecular complexity index is 614. The van der Waals surface area contributed by atoms with Crippen LogP contribution in [0.5, 0.6) is 5.75 Å². The number of aromatic nitrogens is 2. The molecule has 0 saturated carbocycles. The van der Waals surface area contributed by atoms with Crippen molar-refractivity contribution in [2.75, 3.05) is 12.8 Å². The standard InChI is InChI=1S/C15H18IN3O/c1-9(2)7-12-13(16)14(17)19-15(18-12)10-5-4-6-11(8-10)20-3/h4-6,8-9H,7H2,1-3H3,(H2,17,18,19). The van der Waals surface area contributed by atoms with E-state index in [1.165, 1.54) is 0 Å². The molecule has 0 aliphatic carbocycles. The lowest BCUT2D eigenvalue weighted by atomic mass is 10.1. The number of nitrogens with two attached hydrogens (primary N) is 1. The summed E-state index contributed by atoms with van der Waals surface area (Å²) in [6.45, 7) is 4.33. The topological polar surface area (TPSA) is 61.0 Å². The van der Waals surface area contributed by atoms with Crippen LogP contribution in [0.25, 0.3) is 11.4 Å². The van der Waals surface area contributed by atoms with Crippen molar-refractivity contribution in [1.29, 1.82) is 0 Å². The van der Waals surface area contributed by atoms with Gasteiger partial charge in [-0.2, -0.15) is 0 Å². The fraction of sp³-hybridized carbons (Fsp3) is 0.333. The van der Waals surface area contributed by atoms with Crippen LogP contribution in [-0.2, 0) is 6.42 Å². The van der Waals surface area contributed by atoms with Crippen molar-refractivity contribution in [2.45, 2.75) is 20.3 Å². The van der Waals surface area contributed by atoms with E-state index in [0.717, 1.165) is 27.0 Å². The Balaban J connectivity index is 2.48. The minimum Gasteiger partial charge on any atom is -0.497 e. The molecule has 1 aromatic heterocycles. The molecule has 0 fully saturated rings. The lowest BCUT2D eigenvalue weighted by Crippen LogP contribution is -2.07. The SMILES string of the molecule is COc1cccc(-c2nc(N)c(I)c(CC(C)C)n2)c1. The Kier molecular flexibility index (Phi) is 4.80. The van der Waals surface area contributed by atoms with E-state index in [9.17, 15) is 0 Å². The molecule has 20 heavy (non-hydrogen) atoms. The number of hydrogen-bond acceptors (Lipinski definition) is 4. The Morgan fingerprint density at radius 2 is 2.05 bits per heavy atom. The minimum absolute atomic E-state index is 0.524. The van der Waals surface area contributed by atoms with Crippen molar-refractivity contribution in [1.82, 2.24) is 9.97 Å². The fourth-order valence-electron chi connectivity index (χ4n) is 1.93. The van der Waals surface area contributed by atoms with Gasteiger partial charge in [-0.05, 0) is 47.1 Å². The summed E-state index contributed by atoms with van der Waals surface area (Å²) < 4.78 is 6.18. The molecule has 2 N–H and O–H groups in total. The molecule has 0 amide bonds. The Morgan fingerprint density at radius 1 is 1.30 bits per heavy atom. The Hall–Kier alpha value is -1.37. The van der Waals surface area contributed by atoms with E-state index in [-0.39, 0.29) is 0 Å². The molecule has 0 unspecified atom stereocenters. The summed E-state index contributed by atoms with van der Waals surface area (Å²) in [5.74, 6) is 2.50. The van der Waals surface area contributed by atoms with Crippen molar-refractivity contribution < 1.29 is 4.74 Å². The van der Waals surface area contributed by atoms with Crippen molar-refractivity contribution in [3.05, 3.63) is 33.5 Å². The first-order valence-corrected chi connectivity index (χ1v) is 7.55. The van der Waals surface area contributed by atoms with Gasteiger partial charge in [0, 0.05) is 5.56 Å². The number of rotatable bonds is 4. The zero-order valence-corrected chi connectivity index (χ0v) is 14.0. The van der Waals surface area contributed by atoms with Crippen molar-refractivity contribution in [3.63, 3.8) is 0 Å². The number of methoxy groups -OCH3 is 1. The van der Waals surface area contributed by atoms with E-state index >= 15 is 0 Å². The third-order valence-electron chi connectivity index (χ3n) is 2.87. The van der Waals surface area contributed by atoms with Gasteiger partial charge in [-0.15, -0.1) is 0 Å². The van der Waals surface area contributed by atoms with E-state index < -0.39 is 0 Å². The van der Waals surface area contributed by atoms with Gasteiger partial charge in [0.1, 0.15) is 11.6 Å². The normalized spacial score (nSPS) is 10.8. The second-order valence-electron chi connectivity index (χ2n) is 5.02. The van der Waals surface area contributed by atoms with Crippen LogP contribution in [0.4, 0.5) is 5.82 Å². The van der Waals surface area contributed by atoms with E-state index in [0.29, 0.717) is 17.6 Å². The molecule has 0 saturated heterocycles. The lowest BCUT2D eigenvalue weighted by Gasteiger charge is -2.11. The van der Waals surface area contributed by atoms with E-state index in [2.05, 4.69) is 46.4 Å². The molecule has 5 heteroatoms. The maximum absolute atomic E-state index is 6.02. The number of anilines is 1. The van der Waals surface area contributed by atoms with Crippen LogP contribution in [0.2, 0.25) is 0 Å². The van der Waals surface area contributed by atoms with Crippen LogP contribution >= 0.6 is 22.6 Å². The van der Waals surface area contributed by atoms with Gasteiger partial charge in [-0.25, -0.2) is 9.97 Å². The summed E-state index contributed by atoms with van der Waals surface area (Å²) >= 11 is 2.21. The van der Waals surface area contributed by atoms with Crippen molar-refractivity contribution in [2.24, 2.45) is 5.92 Å². The number of halogens is 1. The molecule has 1 heterocycles. The maximum Gasteiger partial charge on any atom is 0.161 e. The second kappa shape index (κ2) is 6.39. The second-order valence-corrected chi connectivity index (χ2v) is 6.10. The predicted molar refractivity (Wildman–Crippen MR) is 89.7 cm³/mol. The van der Waals surface area contributed by atoms with Gasteiger partial charge in [0.15, 0.2) is 5.82 Å². The average Bonchev–Trinajstić information content (AvgIpc) is 2.43. The zero-order valence-electron chi connectivity index (χ0n) is 11.9. The molecule has 1 aromatic carbocycles. The third-order valence-corrected chi connectivity index (χ3v) is 4.05. The van der Waals surface area contributed by atoms with Crippen LogP contribution in [0, 0.1) is 9.49 Å². The molecule has 0 aliphatic rings. The zero-order chi connectivity index (χ0) is 14.7. The molecule has 4 nitrogen and oxygen atoms in total. The minimum atomic E-state index is 0.524.